The van der Waals surface area contributed by atoms with Crippen LogP contribution in [0.4, 0.5) is 16.2 Å². The van der Waals surface area contributed by atoms with Crippen LogP contribution in [0.25, 0.3) is 17.2 Å². The molecule has 0 saturated carbocycles. The van der Waals surface area contributed by atoms with Gasteiger partial charge in [-0.25, -0.2) is 4.79 Å². The zero-order valence-corrected chi connectivity index (χ0v) is 18.4. The molecule has 0 spiro atoms. The lowest BCUT2D eigenvalue weighted by atomic mass is 9.98. The summed E-state index contributed by atoms with van der Waals surface area (Å²) in [5, 5.41) is 14.0. The summed E-state index contributed by atoms with van der Waals surface area (Å²) >= 11 is 5.93. The number of nitro benzene ring substituents is 1. The molecule has 7 nitrogen and oxygen atoms in total. The molecule has 0 bridgehead atoms. The van der Waals surface area contributed by atoms with E-state index in [2.05, 4.69) is 29.6 Å². The van der Waals surface area contributed by atoms with Crippen molar-refractivity contribution in [2.45, 2.75) is 12.3 Å². The van der Waals surface area contributed by atoms with Crippen LogP contribution in [0.3, 0.4) is 0 Å². The molecule has 8 heteroatoms. The number of alkyl carbamates (subject to hydrolysis) is 1. The average molecular weight is 464 g/mol. The second-order valence-corrected chi connectivity index (χ2v) is 8.06. The van der Waals surface area contributed by atoms with Crippen molar-refractivity contribution in [3.05, 3.63) is 98.6 Å². The molecule has 3 aromatic rings. The van der Waals surface area contributed by atoms with Crippen molar-refractivity contribution in [1.29, 1.82) is 0 Å². The number of hydrogen-bond donors (Lipinski definition) is 2. The van der Waals surface area contributed by atoms with Gasteiger partial charge in [-0.05, 0) is 34.7 Å². The van der Waals surface area contributed by atoms with Gasteiger partial charge in [0, 0.05) is 29.1 Å². The predicted octanol–water partition coefficient (Wildman–Crippen LogP) is 5.77. The number of nitrogens with two attached hydrogens (primary N) is 1. The van der Waals surface area contributed by atoms with Crippen LogP contribution in [0.5, 0.6) is 0 Å². The number of nitrogens with zero attached hydrogens (tertiary/aromatic N) is 1. The fourth-order valence-corrected chi connectivity index (χ4v) is 4.25. The van der Waals surface area contributed by atoms with Crippen molar-refractivity contribution in [2.75, 3.05) is 18.9 Å². The van der Waals surface area contributed by atoms with E-state index in [4.69, 9.17) is 22.1 Å². The smallest absolute Gasteiger partial charge is 0.407 e. The Kier molecular flexibility index (Phi) is 6.60. The molecule has 1 aliphatic rings. The number of fused-ring (bicyclic) bond motifs is 3. The molecule has 0 atom stereocenters. The van der Waals surface area contributed by atoms with Crippen LogP contribution < -0.4 is 11.1 Å². The standard InChI is InChI=1S/C25H22ClN3O4/c26-17-13-16(24(27)23(14-17)29(31)32)7-5-6-12-28-25(30)33-15-22-20-10-3-1-8-18(20)19-9-2-4-11-21(19)22/h1-5,7-11,13-14,22H,6,12,15,27H2,(H,28,30). The third kappa shape index (κ3) is 4.83. The molecule has 3 aromatic carbocycles. The van der Waals surface area contributed by atoms with Gasteiger partial charge in [0.15, 0.2) is 0 Å². The summed E-state index contributed by atoms with van der Waals surface area (Å²) < 4.78 is 5.49. The van der Waals surface area contributed by atoms with Crippen LogP contribution in [0.1, 0.15) is 29.0 Å². The Morgan fingerprint density at radius 1 is 1.12 bits per heavy atom. The molecule has 0 saturated heterocycles. The van der Waals surface area contributed by atoms with E-state index < -0.39 is 11.0 Å². The average Bonchev–Trinajstić information content (AvgIpc) is 3.13. The van der Waals surface area contributed by atoms with E-state index in [9.17, 15) is 14.9 Å². The zero-order valence-electron chi connectivity index (χ0n) is 17.7. The van der Waals surface area contributed by atoms with Crippen LogP contribution in [0.2, 0.25) is 5.02 Å². The molecule has 4 rings (SSSR count). The minimum absolute atomic E-state index is 0.00430. The van der Waals surface area contributed by atoms with Gasteiger partial charge < -0.3 is 15.8 Å². The highest BCUT2D eigenvalue weighted by Crippen LogP contribution is 2.44. The van der Waals surface area contributed by atoms with Crippen molar-refractivity contribution in [3.8, 4) is 11.1 Å². The number of benzene rings is 3. The van der Waals surface area contributed by atoms with Gasteiger partial charge in [0.2, 0.25) is 0 Å². The number of amides is 1. The highest BCUT2D eigenvalue weighted by atomic mass is 35.5. The number of ether oxygens (including phenoxy) is 1. The number of carbonyl (C=O) groups is 1. The molecule has 1 aliphatic carbocycles. The molecule has 0 heterocycles. The van der Waals surface area contributed by atoms with E-state index in [0.717, 1.165) is 11.1 Å². The molecular formula is C25H22ClN3O4. The number of hydrogen-bond acceptors (Lipinski definition) is 5. The molecule has 0 aliphatic heterocycles. The Bertz CT molecular complexity index is 1200. The fraction of sp³-hybridized carbons (Fsp3) is 0.160. The Labute approximate surface area is 196 Å². The monoisotopic (exact) mass is 463 g/mol. The third-order valence-corrected chi connectivity index (χ3v) is 5.79. The van der Waals surface area contributed by atoms with Gasteiger partial charge in [0.05, 0.1) is 4.92 Å². The molecule has 0 unspecified atom stereocenters. The first kappa shape index (κ1) is 22.4. The van der Waals surface area contributed by atoms with Crippen molar-refractivity contribution in [3.63, 3.8) is 0 Å². The zero-order chi connectivity index (χ0) is 23.4. The summed E-state index contributed by atoms with van der Waals surface area (Å²) in [4.78, 5) is 22.7. The Balaban J connectivity index is 1.30. The van der Waals surface area contributed by atoms with Crippen LogP contribution in [0, 0.1) is 10.1 Å². The molecule has 0 radical (unpaired) electrons. The first-order valence-electron chi connectivity index (χ1n) is 10.4. The number of rotatable bonds is 7. The summed E-state index contributed by atoms with van der Waals surface area (Å²) in [7, 11) is 0. The second kappa shape index (κ2) is 9.75. The highest BCUT2D eigenvalue weighted by Gasteiger charge is 2.28. The summed E-state index contributed by atoms with van der Waals surface area (Å²) in [6.45, 7) is 0.591. The van der Waals surface area contributed by atoms with E-state index >= 15 is 0 Å². The second-order valence-electron chi connectivity index (χ2n) is 7.63. The minimum Gasteiger partial charge on any atom is -0.449 e. The molecule has 0 fully saturated rings. The summed E-state index contributed by atoms with van der Waals surface area (Å²) in [6, 6.07) is 19.1. The van der Waals surface area contributed by atoms with Crippen LogP contribution in [-0.2, 0) is 4.74 Å². The topological polar surface area (TPSA) is 107 Å². The van der Waals surface area contributed by atoms with E-state index in [-0.39, 0.29) is 28.9 Å². The lowest BCUT2D eigenvalue weighted by molar-refractivity contribution is -0.383. The van der Waals surface area contributed by atoms with Gasteiger partial charge in [-0.15, -0.1) is 0 Å². The van der Waals surface area contributed by atoms with Crippen LogP contribution >= 0.6 is 11.6 Å². The lowest BCUT2D eigenvalue weighted by Crippen LogP contribution is -2.26. The van der Waals surface area contributed by atoms with E-state index in [0.29, 0.717) is 18.5 Å². The molecule has 0 aromatic heterocycles. The first-order chi connectivity index (χ1) is 16.0. The maximum Gasteiger partial charge on any atom is 0.407 e. The molecule has 1 amide bonds. The largest absolute Gasteiger partial charge is 0.449 e. The van der Waals surface area contributed by atoms with Gasteiger partial charge in [-0.2, -0.15) is 0 Å². The number of anilines is 1. The lowest BCUT2D eigenvalue weighted by Gasteiger charge is -2.14. The maximum absolute atomic E-state index is 12.2. The summed E-state index contributed by atoms with van der Waals surface area (Å²) in [5.41, 5.74) is 10.8. The number of nitro groups is 1. The molecule has 33 heavy (non-hydrogen) atoms. The summed E-state index contributed by atoms with van der Waals surface area (Å²) in [5.74, 6) is 0.00430. The molecular weight excluding hydrogens is 442 g/mol. The molecule has 3 N–H and O–H groups in total. The normalized spacial score (nSPS) is 12.4. The SMILES string of the molecule is Nc1c(C=CCCNC(=O)OCC2c3ccccc3-c3ccccc32)cc(Cl)cc1[N+](=O)[O-]. The first-order valence-corrected chi connectivity index (χ1v) is 10.8. The highest BCUT2D eigenvalue weighted by molar-refractivity contribution is 6.31. The number of carbonyl (C=O) groups excluding carboxylic acids is 1. The number of nitrogen functional groups attached to an aromatic ring is 1. The Hall–Kier alpha value is -3.84. The summed E-state index contributed by atoms with van der Waals surface area (Å²) in [6.07, 6.45) is 3.40. The van der Waals surface area contributed by atoms with E-state index in [1.165, 1.54) is 17.2 Å². The molecule has 168 valence electrons. The predicted molar refractivity (Wildman–Crippen MR) is 129 cm³/mol. The fourth-order valence-electron chi connectivity index (χ4n) is 4.03. The van der Waals surface area contributed by atoms with Gasteiger partial charge in [0.1, 0.15) is 12.3 Å². The maximum atomic E-state index is 12.2. The third-order valence-electron chi connectivity index (χ3n) is 5.57. The number of halogens is 1. The quantitative estimate of drug-likeness (QED) is 0.200. The van der Waals surface area contributed by atoms with Crippen molar-refractivity contribution in [1.82, 2.24) is 5.32 Å². The van der Waals surface area contributed by atoms with Crippen molar-refractivity contribution < 1.29 is 14.5 Å². The van der Waals surface area contributed by atoms with Crippen LogP contribution in [-0.4, -0.2) is 24.2 Å². The Morgan fingerprint density at radius 2 is 1.76 bits per heavy atom. The minimum atomic E-state index is -0.572. The van der Waals surface area contributed by atoms with Crippen LogP contribution in [0.15, 0.2) is 66.7 Å². The van der Waals surface area contributed by atoms with Gasteiger partial charge in [-0.1, -0.05) is 72.3 Å². The van der Waals surface area contributed by atoms with Gasteiger partial charge in [-0.3, -0.25) is 10.1 Å². The van der Waals surface area contributed by atoms with Gasteiger partial charge >= 0.3 is 6.09 Å². The van der Waals surface area contributed by atoms with Gasteiger partial charge in [0.25, 0.3) is 5.69 Å². The number of nitrogens with one attached hydrogen (secondary N) is 1. The Morgan fingerprint density at radius 3 is 2.39 bits per heavy atom. The van der Waals surface area contributed by atoms with E-state index in [1.807, 2.05) is 24.3 Å². The van der Waals surface area contributed by atoms with E-state index in [1.54, 1.807) is 18.2 Å². The van der Waals surface area contributed by atoms with Crippen molar-refractivity contribution >= 4 is 35.1 Å². The van der Waals surface area contributed by atoms with Crippen molar-refractivity contribution in [2.24, 2.45) is 0 Å².